The van der Waals surface area contributed by atoms with Crippen LogP contribution >= 0.6 is 0 Å². The van der Waals surface area contributed by atoms with E-state index in [9.17, 15) is 4.79 Å². The maximum atomic E-state index is 12.6. The van der Waals surface area contributed by atoms with E-state index in [0.29, 0.717) is 6.54 Å². The smallest absolute Gasteiger partial charge is 0.223 e. The molecule has 1 atom stereocenters. The highest BCUT2D eigenvalue weighted by Crippen LogP contribution is 2.26. The van der Waals surface area contributed by atoms with Gasteiger partial charge < -0.3 is 14.5 Å². The lowest BCUT2D eigenvalue weighted by Crippen LogP contribution is -2.35. The molecular weight excluding hydrogens is 326 g/mol. The molecule has 2 heterocycles. The zero-order valence-corrected chi connectivity index (χ0v) is 14.9. The van der Waals surface area contributed by atoms with Crippen LogP contribution in [0.2, 0.25) is 0 Å². The summed E-state index contributed by atoms with van der Waals surface area (Å²) < 4.78 is 7.48. The molecule has 1 N–H and O–H groups in total. The Kier molecular flexibility index (Phi) is 4.61. The number of carbonyl (C=O) groups excluding carboxylic acids is 1. The van der Waals surface area contributed by atoms with Gasteiger partial charge in [0.2, 0.25) is 5.91 Å². The highest BCUT2D eigenvalue weighted by atomic mass is 16.5. The van der Waals surface area contributed by atoms with Gasteiger partial charge in [-0.2, -0.15) is 0 Å². The van der Waals surface area contributed by atoms with E-state index in [1.165, 1.54) is 5.69 Å². The number of ether oxygens (including phenoxy) is 1. The van der Waals surface area contributed by atoms with Crippen LogP contribution in [0.5, 0.6) is 5.75 Å². The summed E-state index contributed by atoms with van der Waals surface area (Å²) in [5, 5.41) is 3.10. The molecule has 3 aromatic rings. The van der Waals surface area contributed by atoms with Gasteiger partial charge in [-0.3, -0.25) is 4.79 Å². The van der Waals surface area contributed by atoms with Crippen molar-refractivity contribution in [1.29, 1.82) is 0 Å². The van der Waals surface area contributed by atoms with Gasteiger partial charge in [0.05, 0.1) is 12.8 Å². The number of aryl methyl sites for hydroxylation is 1. The fourth-order valence-corrected chi connectivity index (χ4v) is 3.76. The Morgan fingerprint density at radius 2 is 2.12 bits per heavy atom. The second kappa shape index (κ2) is 7.20. The van der Waals surface area contributed by atoms with Crippen LogP contribution in [0.15, 0.2) is 48.7 Å². The Morgan fingerprint density at radius 1 is 1.27 bits per heavy atom. The maximum absolute atomic E-state index is 12.6. The minimum Gasteiger partial charge on any atom is -0.496 e. The number of fused-ring (bicyclic) bond motifs is 3. The highest BCUT2D eigenvalue weighted by molar-refractivity contribution is 5.79. The molecule has 2 aromatic heterocycles. The average molecular weight is 349 g/mol. The molecule has 0 fully saturated rings. The normalized spacial score (nSPS) is 16.3. The predicted molar refractivity (Wildman–Crippen MR) is 100 cm³/mol. The lowest BCUT2D eigenvalue weighted by molar-refractivity contribution is -0.125. The fraction of sp³-hybridized carbons (Fsp3) is 0.333. The van der Waals surface area contributed by atoms with Gasteiger partial charge in [0.25, 0.3) is 0 Å². The molecule has 1 aromatic carbocycles. The monoisotopic (exact) mass is 349 g/mol. The zero-order chi connectivity index (χ0) is 17.9. The van der Waals surface area contributed by atoms with Crippen LogP contribution < -0.4 is 10.1 Å². The Morgan fingerprint density at radius 3 is 3.00 bits per heavy atom. The SMILES string of the molecule is COc1ccccc1CCNC(=O)C1CCc2nc3ccccn3c2C1. The first-order valence-electron chi connectivity index (χ1n) is 9.10. The van der Waals surface area contributed by atoms with Gasteiger partial charge in [0, 0.05) is 30.8 Å². The lowest BCUT2D eigenvalue weighted by Gasteiger charge is -2.21. The molecule has 1 unspecified atom stereocenters. The molecule has 4 rings (SSSR count). The van der Waals surface area contributed by atoms with Crippen molar-refractivity contribution in [3.8, 4) is 5.75 Å². The van der Waals surface area contributed by atoms with Gasteiger partial charge in [0.15, 0.2) is 0 Å². The summed E-state index contributed by atoms with van der Waals surface area (Å²) in [7, 11) is 1.67. The van der Waals surface area contributed by atoms with Crippen LogP contribution in [-0.4, -0.2) is 28.9 Å². The number of hydrogen-bond acceptors (Lipinski definition) is 3. The van der Waals surface area contributed by atoms with Gasteiger partial charge in [0.1, 0.15) is 11.4 Å². The summed E-state index contributed by atoms with van der Waals surface area (Å²) >= 11 is 0. The second-order valence-corrected chi connectivity index (χ2v) is 6.73. The third-order valence-corrected chi connectivity index (χ3v) is 5.14. The third-order valence-electron chi connectivity index (χ3n) is 5.14. The Balaban J connectivity index is 1.39. The number of para-hydroxylation sites is 1. The number of carbonyl (C=O) groups is 1. The maximum Gasteiger partial charge on any atom is 0.223 e. The molecule has 134 valence electrons. The van der Waals surface area contributed by atoms with Crippen molar-refractivity contribution in [3.63, 3.8) is 0 Å². The molecule has 1 aliphatic carbocycles. The molecule has 26 heavy (non-hydrogen) atoms. The van der Waals surface area contributed by atoms with Crippen LogP contribution in [0.1, 0.15) is 23.4 Å². The van der Waals surface area contributed by atoms with Crippen molar-refractivity contribution < 1.29 is 9.53 Å². The molecule has 0 spiro atoms. The second-order valence-electron chi connectivity index (χ2n) is 6.73. The summed E-state index contributed by atoms with van der Waals surface area (Å²) in [6.07, 6.45) is 5.27. The number of imidazole rings is 1. The molecular formula is C21H23N3O2. The van der Waals surface area contributed by atoms with E-state index in [4.69, 9.17) is 4.74 Å². The fourth-order valence-electron chi connectivity index (χ4n) is 3.76. The summed E-state index contributed by atoms with van der Waals surface area (Å²) in [6, 6.07) is 14.0. The van der Waals surface area contributed by atoms with Crippen LogP contribution in [-0.2, 0) is 24.1 Å². The Hall–Kier alpha value is -2.82. The van der Waals surface area contributed by atoms with Crippen molar-refractivity contribution >= 4 is 11.6 Å². The molecule has 1 amide bonds. The molecule has 5 heteroatoms. The van der Waals surface area contributed by atoms with E-state index in [-0.39, 0.29) is 11.8 Å². The zero-order valence-electron chi connectivity index (χ0n) is 14.9. The summed E-state index contributed by atoms with van der Waals surface area (Å²) in [6.45, 7) is 0.621. The van der Waals surface area contributed by atoms with Gasteiger partial charge in [-0.1, -0.05) is 24.3 Å². The molecule has 5 nitrogen and oxygen atoms in total. The Bertz CT molecular complexity index is 932. The lowest BCUT2D eigenvalue weighted by atomic mass is 9.89. The molecule has 1 aliphatic rings. The van der Waals surface area contributed by atoms with E-state index in [0.717, 1.165) is 48.3 Å². The average Bonchev–Trinajstić information content (AvgIpc) is 3.06. The van der Waals surface area contributed by atoms with Crippen molar-refractivity contribution in [1.82, 2.24) is 14.7 Å². The summed E-state index contributed by atoms with van der Waals surface area (Å²) in [5.74, 6) is 1.02. The molecule has 0 radical (unpaired) electrons. The number of nitrogens with zero attached hydrogens (tertiary/aromatic N) is 2. The number of benzene rings is 1. The minimum atomic E-state index is 0.0141. The van der Waals surface area contributed by atoms with Gasteiger partial charge in [-0.05, 0) is 43.0 Å². The van der Waals surface area contributed by atoms with Gasteiger partial charge in [-0.15, -0.1) is 0 Å². The van der Waals surface area contributed by atoms with E-state index < -0.39 is 0 Å². The molecule has 0 saturated carbocycles. The first-order valence-corrected chi connectivity index (χ1v) is 9.10. The number of nitrogens with one attached hydrogen (secondary N) is 1. The minimum absolute atomic E-state index is 0.0141. The van der Waals surface area contributed by atoms with Crippen molar-refractivity contribution in [3.05, 3.63) is 65.6 Å². The van der Waals surface area contributed by atoms with Gasteiger partial charge in [-0.25, -0.2) is 4.98 Å². The highest BCUT2D eigenvalue weighted by Gasteiger charge is 2.27. The largest absolute Gasteiger partial charge is 0.496 e. The van der Waals surface area contributed by atoms with Crippen LogP contribution in [0, 0.1) is 5.92 Å². The first-order chi connectivity index (χ1) is 12.8. The molecule has 0 bridgehead atoms. The van der Waals surface area contributed by atoms with Crippen molar-refractivity contribution in [2.75, 3.05) is 13.7 Å². The van der Waals surface area contributed by atoms with E-state index in [1.807, 2.05) is 48.7 Å². The number of hydrogen-bond donors (Lipinski definition) is 1. The third kappa shape index (κ3) is 3.17. The van der Waals surface area contributed by atoms with Crippen LogP contribution in [0.3, 0.4) is 0 Å². The molecule has 0 aliphatic heterocycles. The van der Waals surface area contributed by atoms with Crippen molar-refractivity contribution in [2.24, 2.45) is 5.92 Å². The summed E-state index contributed by atoms with van der Waals surface area (Å²) in [4.78, 5) is 17.3. The topological polar surface area (TPSA) is 55.6 Å². The Labute approximate surface area is 153 Å². The number of methoxy groups -OCH3 is 1. The predicted octanol–water partition coefficient (Wildman–Crippen LogP) is 2.81. The van der Waals surface area contributed by atoms with E-state index >= 15 is 0 Å². The number of rotatable bonds is 5. The van der Waals surface area contributed by atoms with Crippen LogP contribution in [0.25, 0.3) is 5.65 Å². The van der Waals surface area contributed by atoms with Gasteiger partial charge >= 0.3 is 0 Å². The van der Waals surface area contributed by atoms with Crippen molar-refractivity contribution in [2.45, 2.75) is 25.7 Å². The molecule has 0 saturated heterocycles. The van der Waals surface area contributed by atoms with Crippen LogP contribution in [0.4, 0.5) is 0 Å². The number of aromatic nitrogens is 2. The number of amides is 1. The standard InChI is InChI=1S/C21H23N3O2/c1-26-19-7-3-2-6-15(19)11-12-22-21(25)16-9-10-17-18(14-16)24-13-5-4-8-20(24)23-17/h2-8,13,16H,9-12,14H2,1H3,(H,22,25). The number of pyridine rings is 1. The summed E-state index contributed by atoms with van der Waals surface area (Å²) in [5.41, 5.74) is 4.39. The first kappa shape index (κ1) is 16.6. The van der Waals surface area contributed by atoms with E-state index in [1.54, 1.807) is 7.11 Å². The quantitative estimate of drug-likeness (QED) is 0.771. The van der Waals surface area contributed by atoms with E-state index in [2.05, 4.69) is 14.7 Å².